The summed E-state index contributed by atoms with van der Waals surface area (Å²) >= 11 is 0. The number of methoxy groups -OCH3 is 1. The van der Waals surface area contributed by atoms with E-state index in [0.29, 0.717) is 24.5 Å². The maximum atomic E-state index is 12.7. The number of nitrogens with zero attached hydrogens (tertiary/aromatic N) is 1. The molecule has 6 heteroatoms. The second kappa shape index (κ2) is 6.22. The third-order valence-corrected chi connectivity index (χ3v) is 5.79. The Bertz CT molecular complexity index is 572. The predicted octanol–water partition coefficient (Wildman–Crippen LogP) is 1.25. The van der Waals surface area contributed by atoms with Crippen molar-refractivity contribution in [2.45, 2.75) is 37.3 Å². The van der Waals surface area contributed by atoms with Gasteiger partial charge < -0.3 is 10.5 Å². The Morgan fingerprint density at radius 1 is 1.45 bits per heavy atom. The Morgan fingerprint density at radius 2 is 2.20 bits per heavy atom. The molecule has 1 aliphatic heterocycles. The van der Waals surface area contributed by atoms with Crippen LogP contribution in [0.3, 0.4) is 0 Å². The Hall–Kier alpha value is -0.950. The maximum absolute atomic E-state index is 12.7. The molecule has 1 heterocycles. The average Bonchev–Trinajstić information content (AvgIpc) is 2.46. The molecule has 0 spiro atoms. The fourth-order valence-electron chi connectivity index (χ4n) is 2.58. The van der Waals surface area contributed by atoms with Crippen LogP contribution in [0.25, 0.3) is 0 Å². The molecule has 20 heavy (non-hydrogen) atoms. The summed E-state index contributed by atoms with van der Waals surface area (Å²) in [4.78, 5) is 0.367. The number of sulfonamides is 1. The van der Waals surface area contributed by atoms with Gasteiger partial charge in [0.2, 0.25) is 10.0 Å². The molecule has 0 amide bonds. The van der Waals surface area contributed by atoms with Crippen molar-refractivity contribution in [3.05, 3.63) is 29.3 Å². The Morgan fingerprint density at radius 3 is 2.80 bits per heavy atom. The number of hydrogen-bond donors (Lipinski definition) is 1. The summed E-state index contributed by atoms with van der Waals surface area (Å²) in [6.07, 6.45) is 1.73. The lowest BCUT2D eigenvalue weighted by atomic mass is 10.1. The van der Waals surface area contributed by atoms with E-state index in [0.717, 1.165) is 24.0 Å². The SMILES string of the molecule is COC1CCCN(S(=O)(=O)c2ccc(CN)cc2C)C1. The molecule has 0 bridgehead atoms. The Balaban J connectivity index is 2.30. The monoisotopic (exact) mass is 298 g/mol. The van der Waals surface area contributed by atoms with E-state index >= 15 is 0 Å². The van der Waals surface area contributed by atoms with Crippen molar-refractivity contribution in [1.29, 1.82) is 0 Å². The van der Waals surface area contributed by atoms with Crippen LogP contribution in [-0.4, -0.2) is 39.0 Å². The van der Waals surface area contributed by atoms with Crippen LogP contribution in [0, 0.1) is 6.92 Å². The average molecular weight is 298 g/mol. The molecule has 2 N–H and O–H groups in total. The van der Waals surface area contributed by atoms with E-state index in [2.05, 4.69) is 0 Å². The van der Waals surface area contributed by atoms with E-state index in [1.54, 1.807) is 19.2 Å². The summed E-state index contributed by atoms with van der Waals surface area (Å²) in [5.41, 5.74) is 7.26. The van der Waals surface area contributed by atoms with Crippen LogP contribution in [0.1, 0.15) is 24.0 Å². The van der Waals surface area contributed by atoms with E-state index in [-0.39, 0.29) is 6.10 Å². The zero-order valence-electron chi connectivity index (χ0n) is 12.0. The van der Waals surface area contributed by atoms with Gasteiger partial charge in [0.15, 0.2) is 0 Å². The van der Waals surface area contributed by atoms with E-state index in [9.17, 15) is 8.42 Å². The Kier molecular flexibility index (Phi) is 4.80. The number of ether oxygens (including phenoxy) is 1. The maximum Gasteiger partial charge on any atom is 0.243 e. The smallest absolute Gasteiger partial charge is 0.243 e. The van der Waals surface area contributed by atoms with Crippen LogP contribution in [-0.2, 0) is 21.3 Å². The van der Waals surface area contributed by atoms with E-state index in [1.165, 1.54) is 4.31 Å². The minimum Gasteiger partial charge on any atom is -0.380 e. The fraction of sp³-hybridized carbons (Fsp3) is 0.571. The van der Waals surface area contributed by atoms with Gasteiger partial charge >= 0.3 is 0 Å². The first-order chi connectivity index (χ1) is 9.48. The van der Waals surface area contributed by atoms with Crippen molar-refractivity contribution < 1.29 is 13.2 Å². The molecular weight excluding hydrogens is 276 g/mol. The molecule has 2 rings (SSSR count). The van der Waals surface area contributed by atoms with Crippen LogP contribution in [0.2, 0.25) is 0 Å². The largest absolute Gasteiger partial charge is 0.380 e. The molecule has 1 saturated heterocycles. The molecule has 0 aromatic heterocycles. The summed E-state index contributed by atoms with van der Waals surface area (Å²) in [6, 6.07) is 5.27. The minimum atomic E-state index is -3.45. The number of piperidine rings is 1. The number of rotatable bonds is 4. The summed E-state index contributed by atoms with van der Waals surface area (Å²) < 4.78 is 32.2. The molecule has 5 nitrogen and oxygen atoms in total. The predicted molar refractivity (Wildman–Crippen MR) is 77.9 cm³/mol. The third-order valence-electron chi connectivity index (χ3n) is 3.77. The number of benzene rings is 1. The molecule has 1 aromatic carbocycles. The van der Waals surface area contributed by atoms with Crippen LogP contribution in [0.5, 0.6) is 0 Å². The molecule has 1 unspecified atom stereocenters. The molecule has 0 radical (unpaired) electrons. The van der Waals surface area contributed by atoms with Gasteiger partial charge in [-0.3, -0.25) is 0 Å². The van der Waals surface area contributed by atoms with Crippen LogP contribution < -0.4 is 5.73 Å². The molecule has 0 saturated carbocycles. The zero-order chi connectivity index (χ0) is 14.8. The zero-order valence-corrected chi connectivity index (χ0v) is 12.8. The number of nitrogens with two attached hydrogens (primary N) is 1. The highest BCUT2D eigenvalue weighted by molar-refractivity contribution is 7.89. The molecule has 112 valence electrons. The third kappa shape index (κ3) is 3.03. The van der Waals surface area contributed by atoms with Gasteiger partial charge in [-0.25, -0.2) is 8.42 Å². The van der Waals surface area contributed by atoms with Gasteiger partial charge in [0.25, 0.3) is 0 Å². The summed E-state index contributed by atoms with van der Waals surface area (Å²) in [5.74, 6) is 0. The number of aryl methyl sites for hydroxylation is 1. The molecule has 1 aliphatic rings. The van der Waals surface area contributed by atoms with Crippen molar-refractivity contribution in [3.8, 4) is 0 Å². The first-order valence-electron chi connectivity index (χ1n) is 6.81. The minimum absolute atomic E-state index is 0.0119. The molecule has 1 fully saturated rings. The van der Waals surface area contributed by atoms with Crippen molar-refractivity contribution in [1.82, 2.24) is 4.31 Å². The van der Waals surface area contributed by atoms with Crippen molar-refractivity contribution in [3.63, 3.8) is 0 Å². The van der Waals surface area contributed by atoms with Crippen molar-refractivity contribution >= 4 is 10.0 Å². The second-order valence-electron chi connectivity index (χ2n) is 5.17. The summed E-state index contributed by atoms with van der Waals surface area (Å²) in [7, 11) is -1.82. The van der Waals surface area contributed by atoms with Crippen molar-refractivity contribution in [2.24, 2.45) is 5.73 Å². The molecule has 1 aromatic rings. The second-order valence-corrected chi connectivity index (χ2v) is 7.07. The first-order valence-corrected chi connectivity index (χ1v) is 8.25. The quantitative estimate of drug-likeness (QED) is 0.908. The van der Waals surface area contributed by atoms with Gasteiger partial charge in [0.1, 0.15) is 0 Å². The van der Waals surface area contributed by atoms with Crippen LogP contribution >= 0.6 is 0 Å². The van der Waals surface area contributed by atoms with Gasteiger partial charge in [-0.15, -0.1) is 0 Å². The van der Waals surface area contributed by atoms with Gasteiger partial charge in [0.05, 0.1) is 11.0 Å². The lowest BCUT2D eigenvalue weighted by molar-refractivity contribution is 0.0572. The lowest BCUT2D eigenvalue weighted by Crippen LogP contribution is -2.43. The molecular formula is C14H22N2O3S. The highest BCUT2D eigenvalue weighted by Crippen LogP contribution is 2.24. The highest BCUT2D eigenvalue weighted by Gasteiger charge is 2.31. The van der Waals surface area contributed by atoms with Crippen molar-refractivity contribution in [2.75, 3.05) is 20.2 Å². The fourth-order valence-corrected chi connectivity index (χ4v) is 4.30. The molecule has 0 aliphatic carbocycles. The molecule has 1 atom stereocenters. The van der Waals surface area contributed by atoms with Crippen LogP contribution in [0.4, 0.5) is 0 Å². The first kappa shape index (κ1) is 15.4. The van der Waals surface area contributed by atoms with Crippen LogP contribution in [0.15, 0.2) is 23.1 Å². The van der Waals surface area contributed by atoms with E-state index in [4.69, 9.17) is 10.5 Å². The summed E-state index contributed by atoms with van der Waals surface area (Å²) in [6.45, 7) is 3.21. The lowest BCUT2D eigenvalue weighted by Gasteiger charge is -2.31. The van der Waals surface area contributed by atoms with Gasteiger partial charge in [-0.2, -0.15) is 4.31 Å². The topological polar surface area (TPSA) is 72.6 Å². The van der Waals surface area contributed by atoms with E-state index < -0.39 is 10.0 Å². The normalized spacial score (nSPS) is 21.1. The highest BCUT2D eigenvalue weighted by atomic mass is 32.2. The van der Waals surface area contributed by atoms with E-state index in [1.807, 2.05) is 13.0 Å². The summed E-state index contributed by atoms with van der Waals surface area (Å²) in [5, 5.41) is 0. The van der Waals surface area contributed by atoms with Gasteiger partial charge in [-0.1, -0.05) is 12.1 Å². The standard InChI is InChI=1S/C14H22N2O3S/c1-11-8-12(9-15)5-6-14(11)20(17,18)16-7-3-4-13(10-16)19-2/h5-6,8,13H,3-4,7,9-10,15H2,1-2H3. The Labute approximate surface area is 120 Å². The number of hydrogen-bond acceptors (Lipinski definition) is 4. The van der Waals surface area contributed by atoms with Gasteiger partial charge in [0, 0.05) is 26.7 Å². The van der Waals surface area contributed by atoms with Gasteiger partial charge in [-0.05, 0) is 37.0 Å².